The van der Waals surface area contributed by atoms with Gasteiger partial charge in [-0.1, -0.05) is 42.5 Å². The predicted molar refractivity (Wildman–Crippen MR) is 79.0 cm³/mol. The van der Waals surface area contributed by atoms with Crippen LogP contribution in [0.3, 0.4) is 0 Å². The number of phenolic OH excluding ortho intramolecular Hbond substituents is 1. The second-order valence-electron chi connectivity index (χ2n) is 4.13. The maximum Gasteiger partial charge on any atom is 0.124 e. The number of benzene rings is 2. The summed E-state index contributed by atoms with van der Waals surface area (Å²) >= 11 is 0. The minimum absolute atomic E-state index is 0.214. The average Bonchev–Trinajstić information content (AvgIpc) is 2.45. The van der Waals surface area contributed by atoms with Crippen molar-refractivity contribution in [3.05, 3.63) is 65.7 Å². The number of nitrogens with zero attached hydrogens (tertiary/aromatic N) is 2. The molecule has 1 N–H and O–H groups in total. The van der Waals surface area contributed by atoms with Crippen molar-refractivity contribution >= 4 is 12.4 Å². The Hall–Kier alpha value is -2.42. The first-order valence-corrected chi connectivity index (χ1v) is 6.23. The second kappa shape index (κ2) is 7.11. The van der Waals surface area contributed by atoms with Gasteiger partial charge >= 0.3 is 0 Å². The first kappa shape index (κ1) is 13.0. The molecule has 2 aromatic carbocycles. The Morgan fingerprint density at radius 3 is 2.42 bits per heavy atom. The number of phenols is 1. The topological polar surface area (TPSA) is 45.0 Å². The molecular formula is C16H16N2O. The maximum atomic E-state index is 9.52. The lowest BCUT2D eigenvalue weighted by Crippen LogP contribution is -1.85. The van der Waals surface area contributed by atoms with Gasteiger partial charge in [0.2, 0.25) is 0 Å². The van der Waals surface area contributed by atoms with E-state index in [2.05, 4.69) is 22.3 Å². The predicted octanol–water partition coefficient (Wildman–Crippen LogP) is 3.43. The highest BCUT2D eigenvalue weighted by atomic mass is 16.3. The fraction of sp³-hybridized carbons (Fsp3) is 0.125. The molecule has 0 fully saturated rings. The van der Waals surface area contributed by atoms with Gasteiger partial charge < -0.3 is 5.11 Å². The molecule has 2 rings (SSSR count). The lowest BCUT2D eigenvalue weighted by atomic mass is 10.1. The van der Waals surface area contributed by atoms with E-state index in [1.807, 2.05) is 24.3 Å². The van der Waals surface area contributed by atoms with Crippen LogP contribution in [0.15, 0.2) is 64.8 Å². The molecule has 0 spiro atoms. The van der Waals surface area contributed by atoms with E-state index < -0.39 is 0 Å². The molecule has 0 amide bonds. The third kappa shape index (κ3) is 4.39. The zero-order valence-corrected chi connectivity index (χ0v) is 10.6. The Morgan fingerprint density at radius 2 is 1.63 bits per heavy atom. The van der Waals surface area contributed by atoms with Crippen molar-refractivity contribution in [2.75, 3.05) is 0 Å². The van der Waals surface area contributed by atoms with Crippen LogP contribution >= 0.6 is 0 Å². The minimum atomic E-state index is 0.214. The second-order valence-corrected chi connectivity index (χ2v) is 4.13. The van der Waals surface area contributed by atoms with Crippen molar-refractivity contribution in [1.29, 1.82) is 0 Å². The molecule has 0 aliphatic rings. The van der Waals surface area contributed by atoms with Gasteiger partial charge in [0, 0.05) is 11.8 Å². The molecule has 2 aromatic rings. The molecule has 96 valence electrons. The SMILES string of the molecule is Oc1ccccc1/C=N\N=C\CCc1ccccc1. The molecule has 0 saturated heterocycles. The van der Waals surface area contributed by atoms with E-state index in [-0.39, 0.29) is 5.75 Å². The molecule has 0 aromatic heterocycles. The van der Waals surface area contributed by atoms with Crippen LogP contribution in [0.4, 0.5) is 0 Å². The fourth-order valence-corrected chi connectivity index (χ4v) is 1.67. The largest absolute Gasteiger partial charge is 0.507 e. The van der Waals surface area contributed by atoms with E-state index in [1.165, 1.54) is 5.56 Å². The van der Waals surface area contributed by atoms with E-state index in [1.54, 1.807) is 30.6 Å². The van der Waals surface area contributed by atoms with Crippen molar-refractivity contribution in [3.63, 3.8) is 0 Å². The van der Waals surface area contributed by atoms with Gasteiger partial charge in [-0.25, -0.2) is 0 Å². The lowest BCUT2D eigenvalue weighted by Gasteiger charge is -1.95. The molecule has 0 aliphatic carbocycles. The molecule has 19 heavy (non-hydrogen) atoms. The van der Waals surface area contributed by atoms with E-state index in [0.29, 0.717) is 5.56 Å². The summed E-state index contributed by atoms with van der Waals surface area (Å²) in [5.74, 6) is 0.214. The zero-order chi connectivity index (χ0) is 13.3. The van der Waals surface area contributed by atoms with Crippen molar-refractivity contribution in [2.45, 2.75) is 12.8 Å². The van der Waals surface area contributed by atoms with Gasteiger partial charge in [-0.05, 0) is 30.5 Å². The molecule has 3 nitrogen and oxygen atoms in total. The summed E-state index contributed by atoms with van der Waals surface area (Å²) in [5, 5.41) is 17.4. The highest BCUT2D eigenvalue weighted by Crippen LogP contribution is 2.12. The first-order valence-electron chi connectivity index (χ1n) is 6.23. The van der Waals surface area contributed by atoms with E-state index in [9.17, 15) is 5.11 Å². The van der Waals surface area contributed by atoms with Crippen molar-refractivity contribution in [2.24, 2.45) is 10.2 Å². The van der Waals surface area contributed by atoms with Crippen LogP contribution in [-0.4, -0.2) is 17.5 Å². The number of hydrogen-bond acceptors (Lipinski definition) is 3. The quantitative estimate of drug-likeness (QED) is 0.643. The lowest BCUT2D eigenvalue weighted by molar-refractivity contribution is 0.474. The van der Waals surface area contributed by atoms with Crippen molar-refractivity contribution in [1.82, 2.24) is 0 Å². The third-order valence-electron chi connectivity index (χ3n) is 2.69. The van der Waals surface area contributed by atoms with Crippen LogP contribution in [0, 0.1) is 0 Å². The van der Waals surface area contributed by atoms with E-state index >= 15 is 0 Å². The summed E-state index contributed by atoms with van der Waals surface area (Å²) in [6.45, 7) is 0. The molecule has 3 heteroatoms. The van der Waals surface area contributed by atoms with E-state index in [4.69, 9.17) is 0 Å². The van der Waals surface area contributed by atoms with Gasteiger partial charge in [0.1, 0.15) is 5.75 Å². The molecule has 0 radical (unpaired) electrons. The molecule has 0 saturated carbocycles. The van der Waals surface area contributed by atoms with Crippen LogP contribution in [0.1, 0.15) is 17.5 Å². The van der Waals surface area contributed by atoms with Crippen LogP contribution in [0.2, 0.25) is 0 Å². The van der Waals surface area contributed by atoms with E-state index in [0.717, 1.165) is 12.8 Å². The fourth-order valence-electron chi connectivity index (χ4n) is 1.67. The maximum absolute atomic E-state index is 9.52. The summed E-state index contributed by atoms with van der Waals surface area (Å²) in [7, 11) is 0. The average molecular weight is 252 g/mol. The van der Waals surface area contributed by atoms with Crippen molar-refractivity contribution < 1.29 is 5.11 Å². The van der Waals surface area contributed by atoms with Gasteiger partial charge in [0.25, 0.3) is 0 Å². The van der Waals surface area contributed by atoms with Crippen LogP contribution < -0.4 is 0 Å². The summed E-state index contributed by atoms with van der Waals surface area (Å²) in [5.41, 5.74) is 1.96. The molecule has 0 unspecified atom stereocenters. The zero-order valence-electron chi connectivity index (χ0n) is 10.6. The van der Waals surface area contributed by atoms with Gasteiger partial charge in [0.15, 0.2) is 0 Å². The van der Waals surface area contributed by atoms with Crippen molar-refractivity contribution in [3.8, 4) is 5.75 Å². The number of aryl methyl sites for hydroxylation is 1. The molecular weight excluding hydrogens is 236 g/mol. The first-order chi connectivity index (χ1) is 9.36. The number of rotatable bonds is 5. The number of para-hydroxylation sites is 1. The summed E-state index contributed by atoms with van der Waals surface area (Å²) in [4.78, 5) is 0. The third-order valence-corrected chi connectivity index (χ3v) is 2.69. The molecule has 0 heterocycles. The summed E-state index contributed by atoms with van der Waals surface area (Å²) < 4.78 is 0. The van der Waals surface area contributed by atoms with Crippen LogP contribution in [0.5, 0.6) is 5.75 Å². The van der Waals surface area contributed by atoms with Gasteiger partial charge in [0.05, 0.1) is 6.21 Å². The summed E-state index contributed by atoms with van der Waals surface area (Å²) in [6, 6.07) is 17.3. The monoisotopic (exact) mass is 252 g/mol. The minimum Gasteiger partial charge on any atom is -0.507 e. The van der Waals surface area contributed by atoms with Gasteiger partial charge in [-0.15, -0.1) is 0 Å². The Morgan fingerprint density at radius 1 is 0.895 bits per heavy atom. The Kier molecular flexibility index (Phi) is 4.87. The summed E-state index contributed by atoms with van der Waals surface area (Å²) in [6.07, 6.45) is 5.14. The number of hydrogen-bond donors (Lipinski definition) is 1. The smallest absolute Gasteiger partial charge is 0.124 e. The van der Waals surface area contributed by atoms with Crippen LogP contribution in [0.25, 0.3) is 0 Å². The Labute approximate surface area is 113 Å². The Bertz CT molecular complexity index is 562. The van der Waals surface area contributed by atoms with Crippen LogP contribution in [-0.2, 0) is 6.42 Å². The normalized spacial score (nSPS) is 11.4. The molecule has 0 bridgehead atoms. The molecule has 0 aliphatic heterocycles. The van der Waals surface area contributed by atoms with Gasteiger partial charge in [-0.2, -0.15) is 10.2 Å². The highest BCUT2D eigenvalue weighted by molar-refractivity contribution is 5.83. The Balaban J connectivity index is 1.79. The molecule has 0 atom stereocenters. The highest BCUT2D eigenvalue weighted by Gasteiger charge is 1.93. The standard InChI is InChI=1S/C16H16N2O/c19-16-11-5-4-10-15(16)13-18-17-12-6-9-14-7-2-1-3-8-14/h1-5,7-8,10-13,19H,6,9H2/b17-12+,18-13-. The number of aromatic hydroxyl groups is 1. The van der Waals surface area contributed by atoms with Gasteiger partial charge in [-0.3, -0.25) is 0 Å².